The van der Waals surface area contributed by atoms with Gasteiger partial charge in [-0.1, -0.05) is 11.6 Å². The fourth-order valence-electron chi connectivity index (χ4n) is 1.38. The highest BCUT2D eigenvalue weighted by Gasteiger charge is 2.17. The average molecular weight is 254 g/mol. The van der Waals surface area contributed by atoms with Crippen molar-refractivity contribution in [2.75, 3.05) is 12.0 Å². The van der Waals surface area contributed by atoms with E-state index < -0.39 is 0 Å². The van der Waals surface area contributed by atoms with Crippen molar-refractivity contribution in [1.29, 1.82) is 5.26 Å². The summed E-state index contributed by atoms with van der Waals surface area (Å²) in [6.07, 6.45) is 1.83. The number of rotatable bonds is 1. The number of aromatic nitrogens is 3. The van der Waals surface area contributed by atoms with E-state index in [0.717, 1.165) is 0 Å². The molecule has 0 unspecified atom stereocenters. The van der Waals surface area contributed by atoms with Gasteiger partial charge in [-0.15, -0.1) is 11.8 Å². The second-order valence-corrected chi connectivity index (χ2v) is 4.30. The molecular weight excluding hydrogens is 246 g/mol. The Morgan fingerprint density at radius 2 is 2.25 bits per heavy atom. The van der Waals surface area contributed by atoms with Crippen molar-refractivity contribution in [2.24, 2.45) is 0 Å². The molecule has 0 amide bonds. The molecule has 0 atom stereocenters. The lowest BCUT2D eigenvalue weighted by Crippen LogP contribution is -2.05. The molecule has 82 valence electrons. The summed E-state index contributed by atoms with van der Waals surface area (Å²) in [4.78, 5) is 4.27. The van der Waals surface area contributed by atoms with Crippen LogP contribution < -0.4 is 5.73 Å². The normalized spacial score (nSPS) is 10.6. The highest BCUT2D eigenvalue weighted by Crippen LogP contribution is 2.28. The molecule has 2 N–H and O–H groups in total. The van der Waals surface area contributed by atoms with Gasteiger partial charge in [-0.25, -0.2) is 4.98 Å². The van der Waals surface area contributed by atoms with E-state index in [1.165, 1.54) is 16.3 Å². The maximum absolute atomic E-state index is 9.01. The molecule has 5 nitrogen and oxygen atoms in total. The van der Waals surface area contributed by atoms with Gasteiger partial charge >= 0.3 is 0 Å². The number of nitrogen functional groups attached to an aromatic ring is 1. The molecule has 2 rings (SSSR count). The van der Waals surface area contributed by atoms with Gasteiger partial charge in [0, 0.05) is 0 Å². The molecule has 2 aromatic rings. The third kappa shape index (κ3) is 1.40. The van der Waals surface area contributed by atoms with Crippen LogP contribution >= 0.6 is 23.4 Å². The fraction of sp³-hybridized carbons (Fsp3) is 0.222. The van der Waals surface area contributed by atoms with Gasteiger partial charge in [0.05, 0.1) is 5.69 Å². The van der Waals surface area contributed by atoms with E-state index in [9.17, 15) is 0 Å². The Bertz CT molecular complexity index is 613. The van der Waals surface area contributed by atoms with Gasteiger partial charge in [0.2, 0.25) is 0 Å². The largest absolute Gasteiger partial charge is 0.382 e. The second-order valence-electron chi connectivity index (χ2n) is 3.13. The number of thioether (sulfide) groups is 1. The SMILES string of the molecule is CSc1nc2c(Cl)c(C)nn2c(N)c1C#N. The summed E-state index contributed by atoms with van der Waals surface area (Å²) in [5.74, 6) is 0.270. The molecule has 16 heavy (non-hydrogen) atoms. The van der Waals surface area contributed by atoms with Gasteiger partial charge in [-0.2, -0.15) is 14.9 Å². The highest BCUT2D eigenvalue weighted by atomic mass is 35.5. The average Bonchev–Trinajstić information content (AvgIpc) is 2.56. The fourth-order valence-corrected chi connectivity index (χ4v) is 2.07. The first kappa shape index (κ1) is 11.0. The van der Waals surface area contributed by atoms with E-state index in [1.807, 2.05) is 12.3 Å². The van der Waals surface area contributed by atoms with Crippen LogP contribution in [0.4, 0.5) is 5.82 Å². The van der Waals surface area contributed by atoms with Crippen LogP contribution in [0.2, 0.25) is 5.02 Å². The van der Waals surface area contributed by atoms with Crippen LogP contribution in [-0.4, -0.2) is 20.9 Å². The molecule has 0 bridgehead atoms. The van der Waals surface area contributed by atoms with E-state index in [2.05, 4.69) is 10.1 Å². The molecule has 0 saturated heterocycles. The first-order valence-electron chi connectivity index (χ1n) is 4.38. The summed E-state index contributed by atoms with van der Waals surface area (Å²) in [7, 11) is 0. The van der Waals surface area contributed by atoms with Crippen LogP contribution in [0.15, 0.2) is 5.03 Å². The number of aryl methyl sites for hydroxylation is 1. The van der Waals surface area contributed by atoms with E-state index >= 15 is 0 Å². The predicted octanol–water partition coefficient (Wildman–Crippen LogP) is 1.87. The predicted molar refractivity (Wildman–Crippen MR) is 63.6 cm³/mol. The standard InChI is InChI=1S/C9H8ClN5S/c1-4-6(10)8-13-9(16-2)5(3-11)7(12)15(8)14-4/h12H2,1-2H3. The second kappa shape index (κ2) is 3.85. The smallest absolute Gasteiger partial charge is 0.177 e. The molecular formula is C9H8ClN5S. The molecule has 0 aliphatic rings. The molecule has 0 spiro atoms. The summed E-state index contributed by atoms with van der Waals surface area (Å²) in [5.41, 5.74) is 7.31. The van der Waals surface area contributed by atoms with Crippen molar-refractivity contribution in [1.82, 2.24) is 14.6 Å². The maximum Gasteiger partial charge on any atom is 0.177 e. The first-order valence-corrected chi connectivity index (χ1v) is 5.98. The summed E-state index contributed by atoms with van der Waals surface area (Å²) in [5, 5.41) is 14.2. The van der Waals surface area contributed by atoms with Crippen molar-refractivity contribution >= 4 is 34.8 Å². The lowest BCUT2D eigenvalue weighted by atomic mass is 10.3. The maximum atomic E-state index is 9.01. The van der Waals surface area contributed by atoms with E-state index in [-0.39, 0.29) is 5.82 Å². The number of nitrogens with zero attached hydrogens (tertiary/aromatic N) is 4. The zero-order valence-electron chi connectivity index (χ0n) is 8.65. The van der Waals surface area contributed by atoms with Crippen LogP contribution in [0.3, 0.4) is 0 Å². The number of hydrogen-bond donors (Lipinski definition) is 1. The monoisotopic (exact) mass is 253 g/mol. The lowest BCUT2D eigenvalue weighted by molar-refractivity contribution is 0.904. The molecule has 0 radical (unpaired) electrons. The Labute approximate surface area is 101 Å². The summed E-state index contributed by atoms with van der Waals surface area (Å²) >= 11 is 7.40. The van der Waals surface area contributed by atoms with Crippen molar-refractivity contribution in [2.45, 2.75) is 11.9 Å². The minimum Gasteiger partial charge on any atom is -0.382 e. The minimum absolute atomic E-state index is 0.270. The first-order chi connectivity index (χ1) is 7.60. The molecule has 0 fully saturated rings. The molecule has 2 aromatic heterocycles. The van der Waals surface area contributed by atoms with Gasteiger partial charge in [0.1, 0.15) is 27.5 Å². The van der Waals surface area contributed by atoms with Gasteiger partial charge in [0.15, 0.2) is 5.65 Å². The summed E-state index contributed by atoms with van der Waals surface area (Å²) in [6.45, 7) is 1.77. The third-order valence-corrected chi connectivity index (χ3v) is 3.30. The van der Waals surface area contributed by atoms with Crippen molar-refractivity contribution in [3.05, 3.63) is 16.3 Å². The minimum atomic E-state index is 0.270. The van der Waals surface area contributed by atoms with Gasteiger partial charge in [0.25, 0.3) is 0 Å². The van der Waals surface area contributed by atoms with E-state index in [1.54, 1.807) is 6.92 Å². The Morgan fingerprint density at radius 1 is 1.56 bits per heavy atom. The number of anilines is 1. The van der Waals surface area contributed by atoms with Crippen LogP contribution in [-0.2, 0) is 0 Å². The number of halogens is 1. The number of nitriles is 1. The number of fused-ring (bicyclic) bond motifs is 1. The third-order valence-electron chi connectivity index (χ3n) is 2.18. The van der Waals surface area contributed by atoms with Crippen molar-refractivity contribution in [3.8, 4) is 6.07 Å². The van der Waals surface area contributed by atoms with Gasteiger partial charge < -0.3 is 5.73 Å². The van der Waals surface area contributed by atoms with Crippen LogP contribution in [0.1, 0.15) is 11.3 Å². The van der Waals surface area contributed by atoms with E-state index in [4.69, 9.17) is 22.6 Å². The van der Waals surface area contributed by atoms with Crippen LogP contribution in [0.5, 0.6) is 0 Å². The van der Waals surface area contributed by atoms with Crippen molar-refractivity contribution in [3.63, 3.8) is 0 Å². The topological polar surface area (TPSA) is 80.0 Å². The quantitative estimate of drug-likeness (QED) is 0.620. The molecule has 0 aromatic carbocycles. The summed E-state index contributed by atoms with van der Waals surface area (Å²) in [6, 6.07) is 2.02. The molecule has 2 heterocycles. The highest BCUT2D eigenvalue weighted by molar-refractivity contribution is 7.98. The van der Waals surface area contributed by atoms with Gasteiger partial charge in [-0.3, -0.25) is 0 Å². The Kier molecular flexibility index (Phi) is 2.66. The zero-order chi connectivity index (χ0) is 11.9. The van der Waals surface area contributed by atoms with E-state index in [0.29, 0.717) is 27.0 Å². The Morgan fingerprint density at radius 3 is 2.81 bits per heavy atom. The van der Waals surface area contributed by atoms with Crippen molar-refractivity contribution < 1.29 is 0 Å². The lowest BCUT2D eigenvalue weighted by Gasteiger charge is -2.04. The van der Waals surface area contributed by atoms with Crippen LogP contribution in [0.25, 0.3) is 5.65 Å². The Hall–Kier alpha value is -1.45. The number of hydrogen-bond acceptors (Lipinski definition) is 5. The Balaban J connectivity index is 2.94. The molecule has 0 aliphatic heterocycles. The molecule has 0 saturated carbocycles. The summed E-state index contributed by atoms with van der Waals surface area (Å²) < 4.78 is 1.40. The van der Waals surface area contributed by atoms with Gasteiger partial charge in [-0.05, 0) is 13.2 Å². The molecule has 7 heteroatoms. The molecule has 0 aliphatic carbocycles. The van der Waals surface area contributed by atoms with Crippen LogP contribution in [0, 0.1) is 18.3 Å². The zero-order valence-corrected chi connectivity index (χ0v) is 10.2. The number of nitrogens with two attached hydrogens (primary N) is 1.